The van der Waals surface area contributed by atoms with Crippen molar-refractivity contribution in [2.45, 2.75) is 26.6 Å². The molecule has 0 saturated carbocycles. The van der Waals surface area contributed by atoms with Crippen molar-refractivity contribution >= 4 is 43.7 Å². The van der Waals surface area contributed by atoms with Gasteiger partial charge in [-0.15, -0.1) is 0 Å². The fourth-order valence-corrected chi connectivity index (χ4v) is 3.10. The number of aliphatic carboxylic acids is 1. The summed E-state index contributed by atoms with van der Waals surface area (Å²) in [6.07, 6.45) is 1.44. The van der Waals surface area contributed by atoms with Gasteiger partial charge in [-0.05, 0) is 42.8 Å². The van der Waals surface area contributed by atoms with Crippen molar-refractivity contribution in [3.05, 3.63) is 95.5 Å². The molecular weight excluding hydrogens is 480 g/mol. The number of aryl methyl sites for hydroxylation is 1. The van der Waals surface area contributed by atoms with Crippen molar-refractivity contribution in [2.24, 2.45) is 0 Å². The summed E-state index contributed by atoms with van der Waals surface area (Å²) >= 11 is 0. The molecule has 0 unspecified atom stereocenters. The van der Waals surface area contributed by atoms with Crippen molar-refractivity contribution in [2.75, 3.05) is 0 Å². The normalized spacial score (nSPS) is 9.74. The van der Waals surface area contributed by atoms with Crippen LogP contribution in [0.5, 0.6) is 11.6 Å². The average Bonchev–Trinajstić information content (AvgIpc) is 3.18. The molecule has 0 aliphatic heterocycles. The second-order valence-corrected chi connectivity index (χ2v) is 7.15. The number of carboxylic acid groups (broad SMARTS) is 1. The van der Waals surface area contributed by atoms with E-state index in [1.54, 1.807) is 18.3 Å². The molecule has 5 N–H and O–H groups in total. The predicted octanol–water partition coefficient (Wildman–Crippen LogP) is 3.02. The number of ether oxygens (including phenoxy) is 2. The molecule has 9 nitrogen and oxygen atoms in total. The topological polar surface area (TPSA) is 158 Å². The van der Waals surface area contributed by atoms with Gasteiger partial charge in [-0.1, -0.05) is 36.4 Å². The van der Waals surface area contributed by atoms with E-state index in [0.29, 0.717) is 29.7 Å². The number of pyridine rings is 1. The summed E-state index contributed by atoms with van der Waals surface area (Å²) in [5.74, 6) is 1.39. The smallest absolute Gasteiger partial charge is 1.00 e. The molecule has 0 spiro atoms. The van der Waals surface area contributed by atoms with E-state index in [2.05, 4.69) is 9.97 Å². The van der Waals surface area contributed by atoms with Gasteiger partial charge in [-0.2, -0.15) is 0 Å². The Balaban J connectivity index is 0. The van der Waals surface area contributed by atoms with Crippen LogP contribution in [0.25, 0.3) is 11.5 Å². The molecule has 0 aliphatic carbocycles. The van der Waals surface area contributed by atoms with E-state index in [4.69, 9.17) is 19.0 Å². The predicted molar refractivity (Wildman–Crippen MR) is 133 cm³/mol. The standard InChI is InChI=1S/C25H22N2O5.Ca.2H2O.2H/c1-17-22(27-25(32-17)19-6-3-2-4-7-19)16-30-21-11-9-18(10-12-21)15-31-24-20(14-23(28)29)8-5-13-26-24;;;;;/h2-13H,14-16H2,1H3,(H,28,29);;2*1H2;;/q;+2;;;2*-1. The van der Waals surface area contributed by atoms with Crippen LogP contribution in [-0.2, 0) is 24.4 Å². The Morgan fingerprint density at radius 3 is 2.37 bits per heavy atom. The minimum Gasteiger partial charge on any atom is -1.00 e. The third-order valence-corrected chi connectivity index (χ3v) is 4.78. The number of benzene rings is 2. The summed E-state index contributed by atoms with van der Waals surface area (Å²) in [5.41, 5.74) is 3.12. The number of hydrogen-bond donors (Lipinski definition) is 1. The summed E-state index contributed by atoms with van der Waals surface area (Å²) in [7, 11) is 0. The van der Waals surface area contributed by atoms with E-state index in [1.807, 2.05) is 61.5 Å². The van der Waals surface area contributed by atoms with E-state index >= 15 is 0 Å². The first-order chi connectivity index (χ1) is 15.6. The number of carboxylic acids is 1. The Bertz CT molecular complexity index is 1210. The van der Waals surface area contributed by atoms with Gasteiger partial charge in [0.15, 0.2) is 0 Å². The summed E-state index contributed by atoms with van der Waals surface area (Å²) < 4.78 is 17.3. The van der Waals surface area contributed by atoms with Crippen LogP contribution in [0.4, 0.5) is 0 Å². The summed E-state index contributed by atoms with van der Waals surface area (Å²) in [6, 6.07) is 20.6. The third kappa shape index (κ3) is 8.34. The first kappa shape index (κ1) is 30.1. The molecular formula is C25H28CaN2O7. The van der Waals surface area contributed by atoms with Gasteiger partial charge in [0, 0.05) is 17.3 Å². The zero-order chi connectivity index (χ0) is 22.3. The Hall–Kier alpha value is -2.95. The molecule has 0 amide bonds. The van der Waals surface area contributed by atoms with E-state index < -0.39 is 5.97 Å². The van der Waals surface area contributed by atoms with Gasteiger partial charge < -0.3 is 32.8 Å². The molecule has 4 aromatic rings. The van der Waals surface area contributed by atoms with Gasteiger partial charge in [-0.3, -0.25) is 4.79 Å². The van der Waals surface area contributed by atoms with E-state index in [1.165, 1.54) is 0 Å². The van der Waals surface area contributed by atoms with Crippen LogP contribution in [-0.4, -0.2) is 69.7 Å². The van der Waals surface area contributed by atoms with Crippen LogP contribution < -0.4 is 9.47 Å². The number of oxazole rings is 1. The second kappa shape index (κ2) is 14.4. The van der Waals surface area contributed by atoms with Gasteiger partial charge in [0.05, 0.1) is 6.42 Å². The third-order valence-electron chi connectivity index (χ3n) is 4.78. The second-order valence-electron chi connectivity index (χ2n) is 7.15. The van der Waals surface area contributed by atoms with Crippen LogP contribution in [0.1, 0.15) is 25.4 Å². The van der Waals surface area contributed by atoms with Gasteiger partial charge in [0.1, 0.15) is 30.4 Å². The maximum absolute atomic E-state index is 11.0. The molecule has 182 valence electrons. The van der Waals surface area contributed by atoms with E-state index in [9.17, 15) is 4.79 Å². The molecule has 35 heavy (non-hydrogen) atoms. The monoisotopic (exact) mass is 508 g/mol. The molecule has 2 aromatic carbocycles. The van der Waals surface area contributed by atoms with Crippen molar-refractivity contribution in [1.82, 2.24) is 9.97 Å². The Morgan fingerprint density at radius 1 is 0.971 bits per heavy atom. The Labute approximate surface area is 235 Å². The SMILES string of the molecule is Cc1oc(-c2ccccc2)nc1COc1ccc(COc2ncccc2CC(=O)O)cc1.O.O.[Ca+2].[H-].[H-]. The molecule has 2 heterocycles. The Kier molecular flexibility index (Phi) is 12.4. The molecule has 0 fully saturated rings. The maximum Gasteiger partial charge on any atom is 2.00 e. The van der Waals surface area contributed by atoms with Crippen LogP contribution in [0, 0.1) is 6.92 Å². The molecule has 10 heteroatoms. The zero-order valence-corrected chi connectivity index (χ0v) is 21.4. The number of rotatable bonds is 9. The fraction of sp³-hybridized carbons (Fsp3) is 0.160. The maximum atomic E-state index is 11.0. The van der Waals surface area contributed by atoms with Crippen LogP contribution in [0.2, 0.25) is 0 Å². The molecule has 0 atom stereocenters. The van der Waals surface area contributed by atoms with Gasteiger partial charge in [0.25, 0.3) is 0 Å². The first-order valence-corrected chi connectivity index (χ1v) is 10.1. The fourth-order valence-electron chi connectivity index (χ4n) is 3.10. The van der Waals surface area contributed by atoms with Gasteiger partial charge in [-0.25, -0.2) is 9.97 Å². The minimum atomic E-state index is -0.928. The average molecular weight is 509 g/mol. The van der Waals surface area contributed by atoms with Crippen LogP contribution in [0.3, 0.4) is 0 Å². The van der Waals surface area contributed by atoms with Crippen molar-refractivity contribution in [3.63, 3.8) is 0 Å². The molecule has 0 radical (unpaired) electrons. The number of nitrogens with zero attached hydrogens (tertiary/aromatic N) is 2. The van der Waals surface area contributed by atoms with Gasteiger partial charge in [0.2, 0.25) is 11.8 Å². The Morgan fingerprint density at radius 2 is 1.69 bits per heavy atom. The quantitative estimate of drug-likeness (QED) is 0.340. The zero-order valence-electron chi connectivity index (χ0n) is 21.2. The summed E-state index contributed by atoms with van der Waals surface area (Å²) in [5, 5.41) is 9.01. The largest absolute Gasteiger partial charge is 2.00 e. The summed E-state index contributed by atoms with van der Waals surface area (Å²) in [6.45, 7) is 2.44. The number of aromatic nitrogens is 2. The van der Waals surface area contributed by atoms with Gasteiger partial charge >= 0.3 is 43.7 Å². The van der Waals surface area contributed by atoms with Crippen molar-refractivity contribution < 1.29 is 37.6 Å². The minimum absolute atomic E-state index is 0. The van der Waals surface area contributed by atoms with Crippen LogP contribution in [0.15, 0.2) is 77.3 Å². The molecule has 0 bridgehead atoms. The first-order valence-electron chi connectivity index (χ1n) is 10.1. The number of carbonyl (C=O) groups is 1. The summed E-state index contributed by atoms with van der Waals surface area (Å²) in [4.78, 5) is 19.7. The molecule has 0 aliphatic rings. The van der Waals surface area contributed by atoms with Crippen molar-refractivity contribution in [1.29, 1.82) is 0 Å². The van der Waals surface area contributed by atoms with E-state index in [0.717, 1.165) is 22.6 Å². The van der Waals surface area contributed by atoms with E-state index in [-0.39, 0.29) is 64.6 Å². The molecule has 0 saturated heterocycles. The van der Waals surface area contributed by atoms with Crippen LogP contribution >= 0.6 is 0 Å². The molecule has 4 rings (SSSR count). The number of hydrogen-bond acceptors (Lipinski definition) is 6. The van der Waals surface area contributed by atoms with Crippen molar-refractivity contribution in [3.8, 4) is 23.1 Å². The molecule has 2 aromatic heterocycles.